The molecule has 1 aromatic rings. The predicted octanol–water partition coefficient (Wildman–Crippen LogP) is 1.86. The van der Waals surface area contributed by atoms with Gasteiger partial charge in [-0.05, 0) is 25.0 Å². The average molecular weight is 298 g/mol. The van der Waals surface area contributed by atoms with Crippen molar-refractivity contribution in [2.45, 2.75) is 19.3 Å². The lowest BCUT2D eigenvalue weighted by Crippen LogP contribution is -2.29. The zero-order valence-electron chi connectivity index (χ0n) is 10.9. The topological polar surface area (TPSA) is 82.5 Å². The van der Waals surface area contributed by atoms with Crippen LogP contribution < -0.4 is 5.32 Å². The first-order valence-electron chi connectivity index (χ1n) is 6.49. The number of amides is 1. The van der Waals surface area contributed by atoms with Crippen molar-refractivity contribution >= 4 is 29.3 Å². The Morgan fingerprint density at radius 1 is 1.35 bits per heavy atom. The van der Waals surface area contributed by atoms with Crippen LogP contribution in [0.1, 0.15) is 29.6 Å². The molecule has 6 nitrogen and oxygen atoms in total. The Hall–Kier alpha value is -1.82. The molecule has 1 saturated heterocycles. The van der Waals surface area contributed by atoms with Crippen molar-refractivity contribution in [3.8, 4) is 0 Å². The van der Waals surface area contributed by atoms with Gasteiger partial charge >= 0.3 is 5.97 Å². The van der Waals surface area contributed by atoms with Gasteiger partial charge in [0.25, 0.3) is 0 Å². The van der Waals surface area contributed by atoms with E-state index in [1.54, 1.807) is 0 Å². The van der Waals surface area contributed by atoms with E-state index < -0.39 is 5.97 Å². The second-order valence-corrected chi connectivity index (χ2v) is 5.02. The third kappa shape index (κ3) is 3.84. The molecule has 1 aromatic heterocycles. The molecule has 1 fully saturated rings. The number of hydrogen-bond acceptors (Lipinski definition) is 4. The maximum atomic E-state index is 11.8. The van der Waals surface area contributed by atoms with Crippen LogP contribution >= 0.6 is 11.6 Å². The third-order valence-electron chi connectivity index (χ3n) is 3.14. The molecule has 2 heterocycles. The molecule has 2 N–H and O–H groups in total. The lowest BCUT2D eigenvalue weighted by Gasteiger charge is -2.15. The van der Waals surface area contributed by atoms with Gasteiger partial charge in [0.15, 0.2) is 0 Å². The monoisotopic (exact) mass is 297 g/mol. The Morgan fingerprint density at radius 3 is 2.70 bits per heavy atom. The molecule has 20 heavy (non-hydrogen) atoms. The van der Waals surface area contributed by atoms with Crippen LogP contribution in [0.25, 0.3) is 0 Å². The van der Waals surface area contributed by atoms with E-state index in [4.69, 9.17) is 16.7 Å². The van der Waals surface area contributed by atoms with E-state index in [0.29, 0.717) is 18.8 Å². The van der Waals surface area contributed by atoms with E-state index in [2.05, 4.69) is 10.3 Å². The molecule has 0 saturated carbocycles. The molecule has 108 valence electrons. The van der Waals surface area contributed by atoms with Crippen molar-refractivity contribution in [1.82, 2.24) is 9.88 Å². The van der Waals surface area contributed by atoms with Crippen LogP contribution in [0.4, 0.5) is 5.82 Å². The van der Waals surface area contributed by atoms with Gasteiger partial charge in [-0.1, -0.05) is 11.6 Å². The quantitative estimate of drug-likeness (QED) is 0.811. The summed E-state index contributed by atoms with van der Waals surface area (Å²) in [6.45, 7) is 2.07. The molecule has 0 unspecified atom stereocenters. The van der Waals surface area contributed by atoms with Crippen LogP contribution in [0.15, 0.2) is 12.1 Å². The van der Waals surface area contributed by atoms with Crippen molar-refractivity contribution in [3.05, 3.63) is 22.8 Å². The summed E-state index contributed by atoms with van der Waals surface area (Å²) in [5.74, 6) is -0.592. The molecule has 0 aromatic carbocycles. The van der Waals surface area contributed by atoms with Crippen LogP contribution in [-0.2, 0) is 4.79 Å². The van der Waals surface area contributed by atoms with Gasteiger partial charge in [-0.3, -0.25) is 4.79 Å². The van der Waals surface area contributed by atoms with Crippen molar-refractivity contribution in [2.75, 3.05) is 25.0 Å². The van der Waals surface area contributed by atoms with Gasteiger partial charge in [0, 0.05) is 26.1 Å². The Balaban J connectivity index is 1.87. The molecule has 0 radical (unpaired) electrons. The Morgan fingerprint density at radius 2 is 2.05 bits per heavy atom. The lowest BCUT2D eigenvalue weighted by atomic mass is 10.2. The minimum atomic E-state index is -1.06. The Labute approximate surface area is 121 Å². The van der Waals surface area contributed by atoms with Crippen molar-refractivity contribution in [3.63, 3.8) is 0 Å². The Kier molecular flexibility index (Phi) is 4.79. The number of anilines is 1. The number of likely N-dealkylation sites (tertiary alicyclic amines) is 1. The zero-order chi connectivity index (χ0) is 14.5. The molecular formula is C13H16ClN3O3. The highest BCUT2D eigenvalue weighted by Crippen LogP contribution is 2.15. The summed E-state index contributed by atoms with van der Waals surface area (Å²) in [7, 11) is 0. The number of aromatic nitrogens is 1. The SMILES string of the molecule is O=C(O)c1cc(Cl)nc(NCCC(=O)N2CCCC2)c1. The summed E-state index contributed by atoms with van der Waals surface area (Å²) in [4.78, 5) is 28.5. The highest BCUT2D eigenvalue weighted by Gasteiger charge is 2.17. The fourth-order valence-electron chi connectivity index (χ4n) is 2.13. The van der Waals surface area contributed by atoms with E-state index in [9.17, 15) is 9.59 Å². The number of carboxylic acids is 1. The van der Waals surface area contributed by atoms with E-state index in [1.807, 2.05) is 4.90 Å². The second kappa shape index (κ2) is 6.56. The molecule has 0 atom stereocenters. The van der Waals surface area contributed by atoms with Crippen molar-refractivity contribution in [1.29, 1.82) is 0 Å². The van der Waals surface area contributed by atoms with Crippen LogP contribution in [0.3, 0.4) is 0 Å². The number of rotatable bonds is 5. The fraction of sp³-hybridized carbons (Fsp3) is 0.462. The van der Waals surface area contributed by atoms with Crippen LogP contribution in [0.5, 0.6) is 0 Å². The number of carboxylic acid groups (broad SMARTS) is 1. The van der Waals surface area contributed by atoms with Crippen molar-refractivity contribution < 1.29 is 14.7 Å². The predicted molar refractivity (Wildman–Crippen MR) is 75.1 cm³/mol. The summed E-state index contributed by atoms with van der Waals surface area (Å²) in [5.41, 5.74) is 0.0679. The minimum Gasteiger partial charge on any atom is -0.478 e. The number of hydrogen-bond donors (Lipinski definition) is 2. The van der Waals surface area contributed by atoms with Gasteiger partial charge in [-0.25, -0.2) is 9.78 Å². The van der Waals surface area contributed by atoms with Gasteiger partial charge in [-0.15, -0.1) is 0 Å². The lowest BCUT2D eigenvalue weighted by molar-refractivity contribution is -0.129. The summed E-state index contributed by atoms with van der Waals surface area (Å²) in [6.07, 6.45) is 2.49. The number of carbonyl (C=O) groups is 2. The number of pyridine rings is 1. The number of aromatic carboxylic acids is 1. The first-order chi connectivity index (χ1) is 9.56. The molecule has 7 heteroatoms. The highest BCUT2D eigenvalue weighted by atomic mass is 35.5. The number of nitrogens with one attached hydrogen (secondary N) is 1. The standard InChI is InChI=1S/C13H16ClN3O3/c14-10-7-9(13(19)20)8-11(16-10)15-4-3-12(18)17-5-1-2-6-17/h7-8H,1-6H2,(H,15,16)(H,19,20). The Bertz CT molecular complexity index is 516. The van der Waals surface area contributed by atoms with Crippen molar-refractivity contribution in [2.24, 2.45) is 0 Å². The van der Waals surface area contributed by atoms with Crippen LogP contribution in [-0.4, -0.2) is 46.5 Å². The third-order valence-corrected chi connectivity index (χ3v) is 3.34. The largest absolute Gasteiger partial charge is 0.478 e. The van der Waals surface area contributed by atoms with Gasteiger partial charge in [0.1, 0.15) is 11.0 Å². The van der Waals surface area contributed by atoms with E-state index in [0.717, 1.165) is 25.9 Å². The zero-order valence-corrected chi connectivity index (χ0v) is 11.7. The molecule has 0 bridgehead atoms. The maximum absolute atomic E-state index is 11.8. The normalized spacial score (nSPS) is 14.3. The first kappa shape index (κ1) is 14.6. The molecule has 0 aliphatic carbocycles. The summed E-state index contributed by atoms with van der Waals surface area (Å²) >= 11 is 5.75. The number of carbonyl (C=O) groups excluding carboxylic acids is 1. The molecule has 2 rings (SSSR count). The van der Waals surface area contributed by atoms with Gasteiger partial charge in [0.05, 0.1) is 5.56 Å². The number of nitrogens with zero attached hydrogens (tertiary/aromatic N) is 2. The fourth-order valence-corrected chi connectivity index (χ4v) is 2.34. The van der Waals surface area contributed by atoms with E-state index in [-0.39, 0.29) is 16.6 Å². The summed E-state index contributed by atoms with van der Waals surface area (Å²) < 4.78 is 0. The molecule has 1 aliphatic rings. The summed E-state index contributed by atoms with van der Waals surface area (Å²) in [6, 6.07) is 2.68. The van der Waals surface area contributed by atoms with Gasteiger partial charge in [0.2, 0.25) is 5.91 Å². The highest BCUT2D eigenvalue weighted by molar-refractivity contribution is 6.29. The summed E-state index contributed by atoms with van der Waals surface area (Å²) in [5, 5.41) is 12.0. The smallest absolute Gasteiger partial charge is 0.335 e. The second-order valence-electron chi connectivity index (χ2n) is 4.63. The molecular weight excluding hydrogens is 282 g/mol. The van der Waals surface area contributed by atoms with E-state index in [1.165, 1.54) is 12.1 Å². The minimum absolute atomic E-state index is 0.0679. The van der Waals surface area contributed by atoms with Gasteiger partial charge in [-0.2, -0.15) is 0 Å². The maximum Gasteiger partial charge on any atom is 0.335 e. The van der Waals surface area contributed by atoms with Crippen LogP contribution in [0, 0.1) is 0 Å². The van der Waals surface area contributed by atoms with E-state index >= 15 is 0 Å². The molecule has 0 spiro atoms. The molecule has 1 amide bonds. The van der Waals surface area contributed by atoms with Crippen LogP contribution in [0.2, 0.25) is 5.15 Å². The van der Waals surface area contributed by atoms with Gasteiger partial charge < -0.3 is 15.3 Å². The average Bonchev–Trinajstić information content (AvgIpc) is 2.91. The first-order valence-corrected chi connectivity index (χ1v) is 6.86. The molecule has 1 aliphatic heterocycles. The number of halogens is 1.